The van der Waals surface area contributed by atoms with Crippen molar-refractivity contribution >= 4 is 21.6 Å². The summed E-state index contributed by atoms with van der Waals surface area (Å²) in [5, 5.41) is 0. The number of amides is 1. The highest BCUT2D eigenvalue weighted by Crippen LogP contribution is 2.24. The molecule has 0 aromatic heterocycles. The summed E-state index contributed by atoms with van der Waals surface area (Å²) in [4.78, 5) is 14.1. The van der Waals surface area contributed by atoms with Crippen molar-refractivity contribution in [1.29, 1.82) is 0 Å². The average molecular weight is 417 g/mol. The van der Waals surface area contributed by atoms with Crippen LogP contribution in [0.2, 0.25) is 0 Å². The first-order valence-corrected chi connectivity index (χ1v) is 11.5. The van der Waals surface area contributed by atoms with Crippen LogP contribution in [0.1, 0.15) is 30.5 Å². The molecule has 29 heavy (non-hydrogen) atoms. The van der Waals surface area contributed by atoms with Gasteiger partial charge in [-0.15, -0.1) is 0 Å². The van der Waals surface area contributed by atoms with Crippen molar-refractivity contribution in [3.8, 4) is 5.75 Å². The SMILES string of the molecule is COc1ccc(CCS(=O)(=O)Nc2ccc3c(c2)CN(C(=O)C(C)C)CC3)cc1. The number of carbonyl (C=O) groups is 1. The number of carbonyl (C=O) groups excluding carboxylic acids is 1. The van der Waals surface area contributed by atoms with Gasteiger partial charge in [-0.3, -0.25) is 9.52 Å². The van der Waals surface area contributed by atoms with Crippen LogP contribution in [0.25, 0.3) is 0 Å². The lowest BCUT2D eigenvalue weighted by atomic mass is 9.98. The monoisotopic (exact) mass is 416 g/mol. The van der Waals surface area contributed by atoms with E-state index >= 15 is 0 Å². The molecule has 0 fully saturated rings. The minimum absolute atomic E-state index is 0.00558. The Hall–Kier alpha value is -2.54. The molecule has 7 heteroatoms. The van der Waals surface area contributed by atoms with Crippen molar-refractivity contribution in [2.45, 2.75) is 33.2 Å². The van der Waals surface area contributed by atoms with E-state index in [4.69, 9.17) is 4.74 Å². The fourth-order valence-corrected chi connectivity index (χ4v) is 4.54. The number of fused-ring (bicyclic) bond motifs is 1. The Balaban J connectivity index is 1.65. The van der Waals surface area contributed by atoms with Crippen molar-refractivity contribution in [1.82, 2.24) is 4.90 Å². The molecule has 6 nitrogen and oxygen atoms in total. The Morgan fingerprint density at radius 1 is 1.14 bits per heavy atom. The van der Waals surface area contributed by atoms with E-state index in [1.54, 1.807) is 13.2 Å². The third kappa shape index (κ3) is 5.50. The van der Waals surface area contributed by atoms with E-state index in [1.807, 2.05) is 55.1 Å². The highest BCUT2D eigenvalue weighted by Gasteiger charge is 2.23. The number of methoxy groups -OCH3 is 1. The van der Waals surface area contributed by atoms with Crippen LogP contribution in [-0.4, -0.2) is 38.6 Å². The minimum atomic E-state index is -3.48. The Labute approximate surface area is 172 Å². The Kier molecular flexibility index (Phi) is 6.47. The van der Waals surface area contributed by atoms with E-state index in [9.17, 15) is 13.2 Å². The third-order valence-corrected chi connectivity index (χ3v) is 6.40. The topological polar surface area (TPSA) is 75.7 Å². The summed E-state index contributed by atoms with van der Waals surface area (Å²) >= 11 is 0. The number of benzene rings is 2. The van der Waals surface area contributed by atoms with Gasteiger partial charge in [0.05, 0.1) is 12.9 Å². The molecule has 1 amide bonds. The lowest BCUT2D eigenvalue weighted by molar-refractivity contribution is -0.135. The Bertz CT molecular complexity index is 969. The molecule has 0 unspecified atom stereocenters. The van der Waals surface area contributed by atoms with E-state index < -0.39 is 10.0 Å². The van der Waals surface area contributed by atoms with E-state index in [1.165, 1.54) is 5.56 Å². The smallest absolute Gasteiger partial charge is 0.233 e. The van der Waals surface area contributed by atoms with Gasteiger partial charge in [-0.25, -0.2) is 8.42 Å². The summed E-state index contributed by atoms with van der Waals surface area (Å²) in [6, 6.07) is 13.0. The molecule has 2 aromatic rings. The standard InChI is InChI=1S/C22H28N2O4S/c1-16(2)22(25)24-12-10-18-6-7-20(14-19(18)15-24)23-29(26,27)13-11-17-4-8-21(28-3)9-5-17/h4-9,14,16,23H,10-13,15H2,1-3H3. The maximum absolute atomic E-state index is 12.5. The van der Waals surface area contributed by atoms with Gasteiger partial charge in [0, 0.05) is 24.7 Å². The van der Waals surface area contributed by atoms with Crippen LogP contribution in [0, 0.1) is 5.92 Å². The van der Waals surface area contributed by atoms with Crippen molar-refractivity contribution in [3.63, 3.8) is 0 Å². The molecule has 0 aliphatic carbocycles. The fourth-order valence-electron chi connectivity index (χ4n) is 3.45. The normalized spacial score (nSPS) is 13.9. The summed E-state index contributed by atoms with van der Waals surface area (Å²) < 4.78 is 32.8. The van der Waals surface area contributed by atoms with Gasteiger partial charge in [0.2, 0.25) is 15.9 Å². The van der Waals surface area contributed by atoms with Crippen LogP contribution < -0.4 is 9.46 Å². The first-order chi connectivity index (χ1) is 13.8. The number of aryl methyl sites for hydroxylation is 1. The van der Waals surface area contributed by atoms with Gasteiger partial charge in [-0.2, -0.15) is 0 Å². The summed E-state index contributed by atoms with van der Waals surface area (Å²) in [7, 11) is -1.88. The number of hydrogen-bond donors (Lipinski definition) is 1. The van der Waals surface area contributed by atoms with Crippen LogP contribution in [0.5, 0.6) is 5.75 Å². The maximum Gasteiger partial charge on any atom is 0.233 e. The average Bonchev–Trinajstić information content (AvgIpc) is 2.71. The van der Waals surface area contributed by atoms with E-state index in [0.29, 0.717) is 25.2 Å². The van der Waals surface area contributed by atoms with E-state index in [-0.39, 0.29) is 17.6 Å². The number of nitrogens with one attached hydrogen (secondary N) is 1. The van der Waals surface area contributed by atoms with Gasteiger partial charge < -0.3 is 9.64 Å². The van der Waals surface area contributed by atoms with Crippen LogP contribution in [0.4, 0.5) is 5.69 Å². The summed E-state index contributed by atoms with van der Waals surface area (Å²) in [6.07, 6.45) is 1.21. The number of rotatable bonds is 7. The van der Waals surface area contributed by atoms with Crippen LogP contribution in [-0.2, 0) is 34.2 Å². The van der Waals surface area contributed by atoms with Gasteiger partial charge in [0.25, 0.3) is 0 Å². The van der Waals surface area contributed by atoms with Gasteiger partial charge in [-0.05, 0) is 53.8 Å². The zero-order valence-corrected chi connectivity index (χ0v) is 18.0. The minimum Gasteiger partial charge on any atom is -0.497 e. The van der Waals surface area contributed by atoms with Gasteiger partial charge in [-0.1, -0.05) is 32.0 Å². The zero-order chi connectivity index (χ0) is 21.0. The molecule has 156 valence electrons. The fraction of sp³-hybridized carbons (Fsp3) is 0.409. The van der Waals surface area contributed by atoms with Gasteiger partial charge in [0.15, 0.2) is 0 Å². The van der Waals surface area contributed by atoms with Crippen molar-refractivity contribution < 1.29 is 17.9 Å². The second-order valence-corrected chi connectivity index (χ2v) is 9.51. The quantitative estimate of drug-likeness (QED) is 0.752. The maximum atomic E-state index is 12.5. The summed E-state index contributed by atoms with van der Waals surface area (Å²) in [5.74, 6) is 0.820. The lowest BCUT2D eigenvalue weighted by Crippen LogP contribution is -2.38. The molecule has 0 atom stereocenters. The van der Waals surface area contributed by atoms with Gasteiger partial charge >= 0.3 is 0 Å². The summed E-state index contributed by atoms with van der Waals surface area (Å²) in [6.45, 7) is 5.02. The molecular formula is C22H28N2O4S. The molecule has 0 saturated carbocycles. The largest absolute Gasteiger partial charge is 0.497 e. The first-order valence-electron chi connectivity index (χ1n) is 9.81. The van der Waals surface area contributed by atoms with Crippen molar-refractivity contribution in [3.05, 3.63) is 59.2 Å². The van der Waals surface area contributed by atoms with E-state index in [2.05, 4.69) is 4.72 Å². The molecule has 2 aromatic carbocycles. The number of nitrogens with zero attached hydrogens (tertiary/aromatic N) is 1. The molecule has 1 heterocycles. The highest BCUT2D eigenvalue weighted by atomic mass is 32.2. The molecule has 0 saturated heterocycles. The Morgan fingerprint density at radius 2 is 1.86 bits per heavy atom. The highest BCUT2D eigenvalue weighted by molar-refractivity contribution is 7.92. The third-order valence-electron chi connectivity index (χ3n) is 5.12. The molecular weight excluding hydrogens is 388 g/mol. The number of anilines is 1. The lowest BCUT2D eigenvalue weighted by Gasteiger charge is -2.30. The van der Waals surface area contributed by atoms with Crippen LogP contribution in [0.3, 0.4) is 0 Å². The second-order valence-electron chi connectivity index (χ2n) is 7.67. The zero-order valence-electron chi connectivity index (χ0n) is 17.1. The number of ether oxygens (including phenoxy) is 1. The molecule has 0 spiro atoms. The Morgan fingerprint density at radius 3 is 2.52 bits per heavy atom. The second kappa shape index (κ2) is 8.86. The molecule has 0 bridgehead atoms. The molecule has 1 aliphatic rings. The van der Waals surface area contributed by atoms with E-state index in [0.717, 1.165) is 23.3 Å². The first kappa shape index (κ1) is 21.2. The van der Waals surface area contributed by atoms with Crippen LogP contribution >= 0.6 is 0 Å². The molecule has 1 N–H and O–H groups in total. The molecule has 3 rings (SSSR count). The predicted octanol–water partition coefficient (Wildman–Crippen LogP) is 3.22. The summed E-state index contributed by atoms with van der Waals surface area (Å²) in [5.41, 5.74) is 3.64. The van der Waals surface area contributed by atoms with Crippen LogP contribution in [0.15, 0.2) is 42.5 Å². The van der Waals surface area contributed by atoms with Crippen molar-refractivity contribution in [2.24, 2.45) is 5.92 Å². The molecule has 0 radical (unpaired) electrons. The molecule has 1 aliphatic heterocycles. The predicted molar refractivity (Wildman–Crippen MR) is 115 cm³/mol. The number of hydrogen-bond acceptors (Lipinski definition) is 4. The van der Waals surface area contributed by atoms with Gasteiger partial charge in [0.1, 0.15) is 5.75 Å². The number of sulfonamides is 1. The van der Waals surface area contributed by atoms with Crippen molar-refractivity contribution in [2.75, 3.05) is 24.1 Å².